The van der Waals surface area contributed by atoms with Crippen molar-refractivity contribution in [2.75, 3.05) is 5.32 Å². The summed E-state index contributed by atoms with van der Waals surface area (Å²) < 4.78 is 0.706. The van der Waals surface area contributed by atoms with Gasteiger partial charge in [0, 0.05) is 17.3 Å². The summed E-state index contributed by atoms with van der Waals surface area (Å²) in [5.41, 5.74) is 3.12. The number of aromatic nitrogens is 1. The maximum Gasteiger partial charge on any atom is 0.242 e. The van der Waals surface area contributed by atoms with Crippen LogP contribution in [0.5, 0.6) is 0 Å². The minimum atomic E-state index is -0.805. The molecule has 2 aromatic rings. The third kappa shape index (κ3) is 2.06. The van der Waals surface area contributed by atoms with Crippen molar-refractivity contribution in [2.45, 2.75) is 31.3 Å². The summed E-state index contributed by atoms with van der Waals surface area (Å²) in [7, 11) is 0. The van der Waals surface area contributed by atoms with Crippen molar-refractivity contribution in [1.82, 2.24) is 0 Å². The minimum Gasteiger partial charge on any atom is -0.618 e. The Morgan fingerprint density at radius 3 is 2.96 bits per heavy atom. The van der Waals surface area contributed by atoms with E-state index in [4.69, 9.17) is 5.26 Å². The summed E-state index contributed by atoms with van der Waals surface area (Å²) in [6.45, 7) is 0. The highest BCUT2D eigenvalue weighted by atomic mass is 16.5. The third-order valence-electron chi connectivity index (χ3n) is 4.78. The number of carbonyl (C=O) groups excluding carboxylic acids is 1. The number of pyridine rings is 1. The standard InChI is InChI=1S/C18H15N3O3/c19-9-10-4-6-13-12(8-10)16(18(23)20-13)14-7-5-11-2-1-3-15(22)17(11)21(14)24/h4-8,15-16,22H,1-3H2,(H,20,23). The van der Waals surface area contributed by atoms with Crippen molar-refractivity contribution in [1.29, 1.82) is 5.26 Å². The molecule has 1 aliphatic heterocycles. The molecule has 1 aliphatic carbocycles. The molecule has 2 N–H and O–H groups in total. The molecule has 1 aromatic heterocycles. The van der Waals surface area contributed by atoms with Gasteiger partial charge in [0.05, 0.1) is 11.6 Å². The van der Waals surface area contributed by atoms with Gasteiger partial charge in [-0.3, -0.25) is 4.79 Å². The number of benzene rings is 1. The number of aliphatic hydroxyl groups excluding tert-OH is 1. The zero-order valence-corrected chi connectivity index (χ0v) is 12.8. The first-order valence-corrected chi connectivity index (χ1v) is 7.88. The fourth-order valence-corrected chi connectivity index (χ4v) is 3.63. The molecule has 2 atom stereocenters. The summed E-state index contributed by atoms with van der Waals surface area (Å²) in [5.74, 6) is -1.07. The van der Waals surface area contributed by atoms with E-state index in [0.717, 1.165) is 18.4 Å². The Labute approximate surface area is 138 Å². The van der Waals surface area contributed by atoms with Gasteiger partial charge in [-0.25, -0.2) is 0 Å². The molecule has 2 aliphatic rings. The maximum absolute atomic E-state index is 12.8. The van der Waals surface area contributed by atoms with Crippen molar-refractivity contribution in [3.8, 4) is 6.07 Å². The van der Waals surface area contributed by atoms with Crippen LogP contribution in [0.3, 0.4) is 0 Å². The van der Waals surface area contributed by atoms with Crippen LogP contribution in [0.4, 0.5) is 5.69 Å². The van der Waals surface area contributed by atoms with Crippen molar-refractivity contribution >= 4 is 11.6 Å². The number of nitriles is 1. The Bertz CT molecular complexity index is 901. The molecular formula is C18H15N3O3. The molecule has 6 nitrogen and oxygen atoms in total. The lowest BCUT2D eigenvalue weighted by Crippen LogP contribution is -2.42. The molecule has 0 saturated heterocycles. The van der Waals surface area contributed by atoms with Gasteiger partial charge in [-0.2, -0.15) is 9.99 Å². The Hall–Kier alpha value is -2.91. The molecule has 2 heterocycles. The molecule has 0 spiro atoms. The van der Waals surface area contributed by atoms with Gasteiger partial charge in [-0.1, -0.05) is 0 Å². The molecule has 0 bridgehead atoms. The fourth-order valence-electron chi connectivity index (χ4n) is 3.63. The number of anilines is 1. The average Bonchev–Trinajstić information content (AvgIpc) is 2.90. The van der Waals surface area contributed by atoms with Crippen LogP contribution in [0.25, 0.3) is 0 Å². The highest BCUT2D eigenvalue weighted by molar-refractivity contribution is 6.04. The minimum absolute atomic E-state index is 0.279. The van der Waals surface area contributed by atoms with Crippen LogP contribution in [0, 0.1) is 16.5 Å². The van der Waals surface area contributed by atoms with Gasteiger partial charge in [0.2, 0.25) is 17.3 Å². The summed E-state index contributed by atoms with van der Waals surface area (Å²) in [6, 6.07) is 10.5. The monoisotopic (exact) mass is 321 g/mol. The highest BCUT2D eigenvalue weighted by Gasteiger charge is 2.39. The lowest BCUT2D eigenvalue weighted by atomic mass is 9.90. The molecule has 2 unspecified atom stereocenters. The van der Waals surface area contributed by atoms with E-state index in [2.05, 4.69) is 11.4 Å². The first-order chi connectivity index (χ1) is 11.6. The lowest BCUT2D eigenvalue weighted by molar-refractivity contribution is -0.628. The van der Waals surface area contributed by atoms with Gasteiger partial charge in [0.1, 0.15) is 6.10 Å². The molecule has 1 aromatic carbocycles. The first-order valence-electron chi connectivity index (χ1n) is 7.88. The van der Waals surface area contributed by atoms with E-state index >= 15 is 0 Å². The number of aliphatic hydroxyl groups is 1. The van der Waals surface area contributed by atoms with Crippen molar-refractivity contribution in [2.24, 2.45) is 0 Å². The molecule has 120 valence electrons. The van der Waals surface area contributed by atoms with Crippen LogP contribution in [0.15, 0.2) is 30.3 Å². The van der Waals surface area contributed by atoms with E-state index in [-0.39, 0.29) is 11.6 Å². The summed E-state index contributed by atoms with van der Waals surface area (Å²) in [4.78, 5) is 12.4. The van der Waals surface area contributed by atoms with Crippen LogP contribution >= 0.6 is 0 Å². The van der Waals surface area contributed by atoms with Gasteiger partial charge < -0.3 is 15.6 Å². The number of fused-ring (bicyclic) bond motifs is 2. The predicted octanol–water partition coefficient (Wildman–Crippen LogP) is 1.65. The number of nitrogens with zero attached hydrogens (tertiary/aromatic N) is 2. The van der Waals surface area contributed by atoms with Gasteiger partial charge in [0.15, 0.2) is 5.92 Å². The van der Waals surface area contributed by atoms with Crippen LogP contribution in [0.2, 0.25) is 0 Å². The quantitative estimate of drug-likeness (QED) is 0.616. The van der Waals surface area contributed by atoms with Crippen LogP contribution < -0.4 is 10.0 Å². The van der Waals surface area contributed by atoms with Gasteiger partial charge in [0.25, 0.3) is 0 Å². The molecule has 6 heteroatoms. The number of carbonyl (C=O) groups is 1. The second-order valence-electron chi connectivity index (χ2n) is 6.21. The van der Waals surface area contributed by atoms with E-state index in [1.54, 1.807) is 24.3 Å². The van der Waals surface area contributed by atoms with Crippen molar-refractivity contribution in [3.63, 3.8) is 0 Å². The number of nitrogens with one attached hydrogen (secondary N) is 1. The number of rotatable bonds is 1. The van der Waals surface area contributed by atoms with Crippen LogP contribution in [-0.2, 0) is 11.2 Å². The molecule has 24 heavy (non-hydrogen) atoms. The Balaban J connectivity index is 1.88. The summed E-state index contributed by atoms with van der Waals surface area (Å²) >= 11 is 0. The van der Waals surface area contributed by atoms with E-state index < -0.39 is 12.0 Å². The van der Waals surface area contributed by atoms with Gasteiger partial charge in [-0.15, -0.1) is 0 Å². The SMILES string of the molecule is N#Cc1ccc2c(c1)C(c1ccc3c([n+]1[O-])C(O)CCC3)C(=O)N2. The number of hydrogen-bond donors (Lipinski definition) is 2. The Morgan fingerprint density at radius 2 is 2.17 bits per heavy atom. The van der Waals surface area contributed by atoms with E-state index in [9.17, 15) is 15.1 Å². The van der Waals surface area contributed by atoms with Crippen LogP contribution in [-0.4, -0.2) is 11.0 Å². The van der Waals surface area contributed by atoms with Crippen molar-refractivity contribution in [3.05, 3.63) is 63.6 Å². The number of amides is 1. The molecule has 0 saturated carbocycles. The summed E-state index contributed by atoms with van der Waals surface area (Å²) in [5, 5.41) is 34.9. The van der Waals surface area contributed by atoms with E-state index in [1.165, 1.54) is 0 Å². The average molecular weight is 321 g/mol. The molecular weight excluding hydrogens is 306 g/mol. The molecule has 0 radical (unpaired) electrons. The fraction of sp³-hybridized carbons (Fsp3) is 0.278. The Kier molecular flexibility index (Phi) is 3.25. The lowest BCUT2D eigenvalue weighted by Gasteiger charge is -2.22. The number of hydrogen-bond acceptors (Lipinski definition) is 4. The zero-order chi connectivity index (χ0) is 16.8. The highest BCUT2D eigenvalue weighted by Crippen LogP contribution is 2.37. The second kappa shape index (κ2) is 5.32. The van der Waals surface area contributed by atoms with Gasteiger partial charge >= 0.3 is 0 Å². The molecule has 4 rings (SSSR count). The molecule has 1 amide bonds. The largest absolute Gasteiger partial charge is 0.618 e. The summed E-state index contributed by atoms with van der Waals surface area (Å²) in [6.07, 6.45) is 1.33. The van der Waals surface area contributed by atoms with Crippen molar-refractivity contribution < 1.29 is 14.6 Å². The zero-order valence-electron chi connectivity index (χ0n) is 12.8. The second-order valence-corrected chi connectivity index (χ2v) is 6.21. The van der Waals surface area contributed by atoms with Crippen LogP contribution in [0.1, 0.15) is 52.9 Å². The first kappa shape index (κ1) is 14.7. The van der Waals surface area contributed by atoms with Gasteiger partial charge in [-0.05, 0) is 49.1 Å². The van der Waals surface area contributed by atoms with E-state index in [1.807, 2.05) is 6.07 Å². The predicted molar refractivity (Wildman–Crippen MR) is 84.9 cm³/mol. The third-order valence-corrected chi connectivity index (χ3v) is 4.78. The smallest absolute Gasteiger partial charge is 0.242 e. The molecule has 0 fully saturated rings. The number of aryl methyl sites for hydroxylation is 1. The van der Waals surface area contributed by atoms with E-state index in [0.29, 0.717) is 33.7 Å². The maximum atomic E-state index is 12.8. The Morgan fingerprint density at radius 1 is 1.33 bits per heavy atom. The normalized spacial score (nSPS) is 21.6. The topological polar surface area (TPSA) is 100 Å².